The van der Waals surface area contributed by atoms with Crippen molar-refractivity contribution < 1.29 is 14.6 Å². The zero-order chi connectivity index (χ0) is 15.5. The molecule has 2 rings (SSSR count). The van der Waals surface area contributed by atoms with E-state index in [9.17, 15) is 9.90 Å². The SMILES string of the molecule is CC(C)(Br)C(=O)Oc1ccc(C(O)c2ccccc2)cc1. The highest BCUT2D eigenvalue weighted by Gasteiger charge is 2.26. The molecule has 0 bridgehead atoms. The van der Waals surface area contributed by atoms with Gasteiger partial charge in [-0.3, -0.25) is 4.79 Å². The molecule has 0 spiro atoms. The first-order chi connectivity index (χ1) is 9.88. The number of aliphatic hydroxyl groups is 1. The van der Waals surface area contributed by atoms with E-state index >= 15 is 0 Å². The molecule has 0 fully saturated rings. The van der Waals surface area contributed by atoms with Gasteiger partial charge < -0.3 is 9.84 Å². The lowest BCUT2D eigenvalue weighted by atomic mass is 10.0. The Bertz CT molecular complexity index is 600. The third-order valence-electron chi connectivity index (χ3n) is 3.01. The van der Waals surface area contributed by atoms with Gasteiger partial charge in [0.2, 0.25) is 0 Å². The fraction of sp³-hybridized carbons (Fsp3) is 0.235. The molecule has 0 aliphatic rings. The summed E-state index contributed by atoms with van der Waals surface area (Å²) >= 11 is 3.26. The molecule has 110 valence electrons. The van der Waals surface area contributed by atoms with E-state index in [1.807, 2.05) is 30.3 Å². The molecular formula is C17H17BrO3. The number of ether oxygens (including phenoxy) is 1. The molecule has 0 aliphatic heterocycles. The summed E-state index contributed by atoms with van der Waals surface area (Å²) < 4.78 is 4.52. The third kappa shape index (κ3) is 4.16. The van der Waals surface area contributed by atoms with Crippen molar-refractivity contribution in [3.8, 4) is 5.75 Å². The summed E-state index contributed by atoms with van der Waals surface area (Å²) in [7, 11) is 0. The van der Waals surface area contributed by atoms with Crippen molar-refractivity contribution in [1.29, 1.82) is 0 Å². The maximum absolute atomic E-state index is 11.8. The van der Waals surface area contributed by atoms with Crippen LogP contribution >= 0.6 is 15.9 Å². The van der Waals surface area contributed by atoms with Gasteiger partial charge in [-0.15, -0.1) is 0 Å². The molecule has 0 aromatic heterocycles. The minimum Gasteiger partial charge on any atom is -0.426 e. The summed E-state index contributed by atoms with van der Waals surface area (Å²) in [5.41, 5.74) is 1.57. The molecule has 2 aromatic carbocycles. The molecule has 1 N–H and O–H groups in total. The van der Waals surface area contributed by atoms with Gasteiger partial charge in [-0.25, -0.2) is 0 Å². The van der Waals surface area contributed by atoms with Crippen LogP contribution in [-0.4, -0.2) is 15.4 Å². The van der Waals surface area contributed by atoms with E-state index in [1.54, 1.807) is 38.1 Å². The molecule has 0 aliphatic carbocycles. The largest absolute Gasteiger partial charge is 0.426 e. The Labute approximate surface area is 132 Å². The van der Waals surface area contributed by atoms with Gasteiger partial charge in [-0.1, -0.05) is 58.4 Å². The van der Waals surface area contributed by atoms with Crippen molar-refractivity contribution in [2.45, 2.75) is 24.3 Å². The van der Waals surface area contributed by atoms with Crippen LogP contribution < -0.4 is 4.74 Å². The van der Waals surface area contributed by atoms with Crippen LogP contribution in [0, 0.1) is 0 Å². The summed E-state index contributed by atoms with van der Waals surface area (Å²) in [5.74, 6) is 0.0930. The number of hydrogen-bond donors (Lipinski definition) is 1. The standard InChI is InChI=1S/C17H17BrO3/c1-17(2,18)16(20)21-14-10-8-13(9-11-14)15(19)12-6-4-3-5-7-12/h3-11,15,19H,1-2H3. The summed E-state index contributed by atoms with van der Waals surface area (Å²) in [6.07, 6.45) is -0.691. The molecule has 0 saturated carbocycles. The molecule has 4 heteroatoms. The average molecular weight is 349 g/mol. The quantitative estimate of drug-likeness (QED) is 0.518. The van der Waals surface area contributed by atoms with Crippen molar-refractivity contribution in [1.82, 2.24) is 0 Å². The number of carbonyl (C=O) groups is 1. The Morgan fingerprint density at radius 2 is 1.57 bits per heavy atom. The van der Waals surface area contributed by atoms with E-state index < -0.39 is 10.4 Å². The molecule has 0 saturated heterocycles. The minimum absolute atomic E-state index is 0.362. The van der Waals surface area contributed by atoms with E-state index in [0.717, 1.165) is 11.1 Å². The monoisotopic (exact) mass is 348 g/mol. The lowest BCUT2D eigenvalue weighted by Crippen LogP contribution is -2.29. The number of alkyl halides is 1. The fourth-order valence-corrected chi connectivity index (χ4v) is 1.86. The Morgan fingerprint density at radius 3 is 2.10 bits per heavy atom. The second-order valence-electron chi connectivity index (χ2n) is 5.24. The fourth-order valence-electron chi connectivity index (χ4n) is 1.77. The second kappa shape index (κ2) is 6.41. The van der Waals surface area contributed by atoms with E-state index in [-0.39, 0.29) is 5.97 Å². The predicted octanol–water partition coefficient (Wildman–Crippen LogP) is 3.85. The molecule has 1 unspecified atom stereocenters. The van der Waals surface area contributed by atoms with Gasteiger partial charge in [0.15, 0.2) is 0 Å². The average Bonchev–Trinajstić information content (AvgIpc) is 2.47. The van der Waals surface area contributed by atoms with Crippen LogP contribution in [0.3, 0.4) is 0 Å². The Balaban J connectivity index is 2.11. The maximum atomic E-state index is 11.8. The van der Waals surface area contributed by atoms with Crippen molar-refractivity contribution in [2.24, 2.45) is 0 Å². The normalized spacial score (nSPS) is 12.8. The van der Waals surface area contributed by atoms with Crippen molar-refractivity contribution in [3.05, 3.63) is 65.7 Å². The summed E-state index contributed by atoms with van der Waals surface area (Å²) in [6.45, 7) is 3.45. The van der Waals surface area contributed by atoms with E-state index in [0.29, 0.717) is 5.75 Å². The Hall–Kier alpha value is -1.65. The number of hydrogen-bond acceptors (Lipinski definition) is 3. The molecule has 21 heavy (non-hydrogen) atoms. The predicted molar refractivity (Wildman–Crippen MR) is 85.6 cm³/mol. The van der Waals surface area contributed by atoms with E-state index in [1.165, 1.54) is 0 Å². The Kier molecular flexibility index (Phi) is 4.80. The first-order valence-electron chi connectivity index (χ1n) is 6.62. The minimum atomic E-state index is -0.727. The van der Waals surface area contributed by atoms with E-state index in [2.05, 4.69) is 15.9 Å². The highest BCUT2D eigenvalue weighted by molar-refractivity contribution is 9.10. The van der Waals surface area contributed by atoms with Crippen LogP contribution in [0.5, 0.6) is 5.75 Å². The highest BCUT2D eigenvalue weighted by Crippen LogP contribution is 2.25. The lowest BCUT2D eigenvalue weighted by Gasteiger charge is -2.15. The zero-order valence-electron chi connectivity index (χ0n) is 11.9. The molecule has 0 radical (unpaired) electrons. The molecule has 0 amide bonds. The Morgan fingerprint density at radius 1 is 1.05 bits per heavy atom. The van der Waals surface area contributed by atoms with Crippen molar-refractivity contribution in [3.63, 3.8) is 0 Å². The number of benzene rings is 2. The van der Waals surface area contributed by atoms with Crippen LogP contribution in [-0.2, 0) is 4.79 Å². The third-order valence-corrected chi connectivity index (χ3v) is 3.33. The van der Waals surface area contributed by atoms with Gasteiger partial charge >= 0.3 is 5.97 Å². The van der Waals surface area contributed by atoms with Crippen LogP contribution in [0.1, 0.15) is 31.1 Å². The maximum Gasteiger partial charge on any atom is 0.327 e. The number of halogens is 1. The molecule has 1 atom stereocenters. The van der Waals surface area contributed by atoms with Crippen LogP contribution in [0.2, 0.25) is 0 Å². The molecular weight excluding hydrogens is 332 g/mol. The highest BCUT2D eigenvalue weighted by atomic mass is 79.9. The van der Waals surface area contributed by atoms with Gasteiger partial charge in [0.25, 0.3) is 0 Å². The van der Waals surface area contributed by atoms with Crippen LogP contribution in [0.15, 0.2) is 54.6 Å². The lowest BCUT2D eigenvalue weighted by molar-refractivity contribution is -0.136. The second-order valence-corrected chi connectivity index (χ2v) is 7.23. The number of aliphatic hydroxyl groups excluding tert-OH is 1. The van der Waals surface area contributed by atoms with Crippen LogP contribution in [0.25, 0.3) is 0 Å². The van der Waals surface area contributed by atoms with Gasteiger partial charge in [-0.05, 0) is 37.1 Å². The van der Waals surface area contributed by atoms with Crippen molar-refractivity contribution >= 4 is 21.9 Å². The number of esters is 1. The van der Waals surface area contributed by atoms with E-state index in [4.69, 9.17) is 4.74 Å². The number of rotatable bonds is 4. The van der Waals surface area contributed by atoms with Gasteiger partial charge in [-0.2, -0.15) is 0 Å². The first kappa shape index (κ1) is 15.7. The summed E-state index contributed by atoms with van der Waals surface area (Å²) in [4.78, 5) is 11.8. The number of carbonyl (C=O) groups excluding carboxylic acids is 1. The first-order valence-corrected chi connectivity index (χ1v) is 7.41. The van der Waals surface area contributed by atoms with Gasteiger partial charge in [0.05, 0.1) is 0 Å². The smallest absolute Gasteiger partial charge is 0.327 e. The topological polar surface area (TPSA) is 46.5 Å². The molecule has 0 heterocycles. The molecule has 2 aromatic rings. The van der Waals surface area contributed by atoms with Crippen LogP contribution in [0.4, 0.5) is 0 Å². The van der Waals surface area contributed by atoms with Gasteiger partial charge in [0, 0.05) is 0 Å². The summed E-state index contributed by atoms with van der Waals surface area (Å²) in [6, 6.07) is 16.3. The molecule has 3 nitrogen and oxygen atoms in total. The van der Waals surface area contributed by atoms with Gasteiger partial charge in [0.1, 0.15) is 16.2 Å². The summed E-state index contributed by atoms with van der Waals surface area (Å²) in [5, 5.41) is 10.3. The zero-order valence-corrected chi connectivity index (χ0v) is 13.5. The van der Waals surface area contributed by atoms with Crippen molar-refractivity contribution in [2.75, 3.05) is 0 Å².